The number of hydrogen-bond acceptors (Lipinski definition) is 5. The summed E-state index contributed by atoms with van der Waals surface area (Å²) in [4.78, 5) is 22.0. The summed E-state index contributed by atoms with van der Waals surface area (Å²) in [5, 5.41) is 10.4. The van der Waals surface area contributed by atoms with Gasteiger partial charge in [-0.05, 0) is 13.8 Å². The zero-order valence-corrected chi connectivity index (χ0v) is 8.57. The largest absolute Gasteiger partial charge is 0.500 e. The first-order valence-electron chi connectivity index (χ1n) is 4.35. The number of rotatable bonds is 4. The van der Waals surface area contributed by atoms with Crippen molar-refractivity contribution in [1.82, 2.24) is 5.32 Å². The molecule has 0 aliphatic heterocycles. The molecule has 6 nitrogen and oxygen atoms in total. The van der Waals surface area contributed by atoms with Crippen LogP contribution in [0, 0.1) is 11.3 Å². The molecule has 82 valence electrons. The smallest absolute Gasteiger partial charge is 0.414 e. The molecule has 6 heteroatoms. The first kappa shape index (κ1) is 13.0. The highest BCUT2D eigenvalue weighted by Crippen LogP contribution is 1.93. The van der Waals surface area contributed by atoms with Gasteiger partial charge in [0.15, 0.2) is 5.57 Å². The van der Waals surface area contributed by atoms with Gasteiger partial charge in [0.2, 0.25) is 0 Å². The summed E-state index contributed by atoms with van der Waals surface area (Å²) in [6.45, 7) is 3.79. The third-order valence-electron chi connectivity index (χ3n) is 1.22. The molecule has 0 saturated heterocycles. The van der Waals surface area contributed by atoms with Gasteiger partial charge in [0.05, 0.1) is 13.2 Å². The van der Waals surface area contributed by atoms with E-state index in [1.54, 1.807) is 19.9 Å². The van der Waals surface area contributed by atoms with Crippen LogP contribution in [-0.2, 0) is 14.3 Å². The zero-order chi connectivity index (χ0) is 11.7. The van der Waals surface area contributed by atoms with E-state index in [4.69, 9.17) is 10.00 Å². The standard InChI is InChI=1S/C9H12N2O4/c1-3-14-6-7(5-10)8(12)11-9(13)15-4-2/h6H,3-4H2,1-2H3,(H,11,12,13)/b7-6-. The number of nitrogens with one attached hydrogen (secondary N) is 1. The van der Waals surface area contributed by atoms with Crippen molar-refractivity contribution < 1.29 is 19.1 Å². The Hall–Kier alpha value is -2.03. The molecule has 0 unspecified atom stereocenters. The molecule has 0 rings (SSSR count). The number of carbonyl (C=O) groups is 2. The van der Waals surface area contributed by atoms with Crippen LogP contribution in [0.15, 0.2) is 11.8 Å². The molecule has 0 aliphatic rings. The maximum Gasteiger partial charge on any atom is 0.414 e. The minimum atomic E-state index is -0.889. The predicted molar refractivity (Wildman–Crippen MR) is 50.5 cm³/mol. The topological polar surface area (TPSA) is 88.4 Å². The third kappa shape index (κ3) is 5.31. The van der Waals surface area contributed by atoms with E-state index < -0.39 is 12.0 Å². The van der Waals surface area contributed by atoms with E-state index in [2.05, 4.69) is 4.74 Å². The van der Waals surface area contributed by atoms with E-state index in [1.807, 2.05) is 5.32 Å². The van der Waals surface area contributed by atoms with Crippen LogP contribution >= 0.6 is 0 Å². The first-order valence-corrected chi connectivity index (χ1v) is 4.35. The van der Waals surface area contributed by atoms with Gasteiger partial charge < -0.3 is 9.47 Å². The minimum absolute atomic E-state index is 0.149. The molecule has 0 heterocycles. The number of ether oxygens (including phenoxy) is 2. The van der Waals surface area contributed by atoms with Gasteiger partial charge in [-0.15, -0.1) is 0 Å². The molecule has 2 amide bonds. The van der Waals surface area contributed by atoms with Crippen LogP contribution in [-0.4, -0.2) is 25.2 Å². The average Bonchev–Trinajstić information content (AvgIpc) is 2.19. The average molecular weight is 212 g/mol. The maximum atomic E-state index is 11.2. The molecule has 0 spiro atoms. The zero-order valence-electron chi connectivity index (χ0n) is 8.57. The Morgan fingerprint density at radius 3 is 2.53 bits per heavy atom. The number of amides is 2. The van der Waals surface area contributed by atoms with Crippen LogP contribution in [0.4, 0.5) is 4.79 Å². The second-order valence-electron chi connectivity index (χ2n) is 2.27. The fraction of sp³-hybridized carbons (Fsp3) is 0.444. The number of nitriles is 1. The Morgan fingerprint density at radius 1 is 1.40 bits per heavy atom. The highest BCUT2D eigenvalue weighted by molar-refractivity contribution is 6.04. The van der Waals surface area contributed by atoms with Crippen molar-refractivity contribution in [2.75, 3.05) is 13.2 Å². The number of nitrogens with zero attached hydrogens (tertiary/aromatic N) is 1. The minimum Gasteiger partial charge on any atom is -0.500 e. The Labute approximate surface area is 87.5 Å². The van der Waals surface area contributed by atoms with Crippen LogP contribution in [0.25, 0.3) is 0 Å². The summed E-state index contributed by atoms with van der Waals surface area (Å²) in [5.41, 5.74) is -0.287. The van der Waals surface area contributed by atoms with Gasteiger partial charge in [-0.2, -0.15) is 5.26 Å². The van der Waals surface area contributed by atoms with Crippen molar-refractivity contribution in [3.63, 3.8) is 0 Å². The Morgan fingerprint density at radius 2 is 2.07 bits per heavy atom. The van der Waals surface area contributed by atoms with E-state index in [0.717, 1.165) is 6.26 Å². The summed E-state index contributed by atoms with van der Waals surface area (Å²) in [5.74, 6) is -0.843. The summed E-state index contributed by atoms with van der Waals surface area (Å²) in [6.07, 6.45) is 0.106. The predicted octanol–water partition coefficient (Wildman–Crippen LogP) is 0.703. The molecule has 0 aromatic heterocycles. The highest BCUT2D eigenvalue weighted by atomic mass is 16.5. The normalized spacial score (nSPS) is 10.1. The third-order valence-corrected chi connectivity index (χ3v) is 1.22. The van der Waals surface area contributed by atoms with Gasteiger partial charge >= 0.3 is 6.09 Å². The van der Waals surface area contributed by atoms with Gasteiger partial charge in [0, 0.05) is 0 Å². The van der Waals surface area contributed by atoms with E-state index in [9.17, 15) is 9.59 Å². The molecule has 0 bridgehead atoms. The summed E-state index contributed by atoms with van der Waals surface area (Å²) in [6, 6.07) is 1.60. The summed E-state index contributed by atoms with van der Waals surface area (Å²) < 4.78 is 9.22. The lowest BCUT2D eigenvalue weighted by atomic mass is 10.3. The van der Waals surface area contributed by atoms with Crippen molar-refractivity contribution >= 4 is 12.0 Å². The lowest BCUT2D eigenvalue weighted by Gasteiger charge is -2.02. The Kier molecular flexibility index (Phi) is 6.38. The molecule has 0 aliphatic carbocycles. The highest BCUT2D eigenvalue weighted by Gasteiger charge is 2.13. The fourth-order valence-corrected chi connectivity index (χ4v) is 0.625. The Balaban J connectivity index is 4.30. The monoisotopic (exact) mass is 212 g/mol. The maximum absolute atomic E-state index is 11.2. The number of imide groups is 1. The van der Waals surface area contributed by atoms with Gasteiger partial charge in [0.25, 0.3) is 5.91 Å². The molecule has 0 radical (unpaired) electrons. The lowest BCUT2D eigenvalue weighted by Crippen LogP contribution is -2.31. The SMILES string of the molecule is CCO/C=C(/C#N)C(=O)NC(=O)OCC. The van der Waals surface area contributed by atoms with Crippen molar-refractivity contribution in [2.45, 2.75) is 13.8 Å². The number of alkyl carbamates (subject to hydrolysis) is 1. The van der Waals surface area contributed by atoms with Crippen molar-refractivity contribution in [1.29, 1.82) is 5.26 Å². The van der Waals surface area contributed by atoms with Crippen molar-refractivity contribution in [2.24, 2.45) is 0 Å². The number of hydrogen-bond donors (Lipinski definition) is 1. The van der Waals surface area contributed by atoms with Gasteiger partial charge in [-0.1, -0.05) is 0 Å². The molecule has 0 aromatic rings. The van der Waals surface area contributed by atoms with Gasteiger partial charge in [-0.3, -0.25) is 10.1 Å². The fourth-order valence-electron chi connectivity index (χ4n) is 0.625. The van der Waals surface area contributed by atoms with E-state index in [0.29, 0.717) is 6.61 Å². The van der Waals surface area contributed by atoms with E-state index >= 15 is 0 Å². The molecule has 0 atom stereocenters. The summed E-state index contributed by atoms with van der Waals surface area (Å²) in [7, 11) is 0. The summed E-state index contributed by atoms with van der Waals surface area (Å²) >= 11 is 0. The van der Waals surface area contributed by atoms with Crippen LogP contribution in [0.3, 0.4) is 0 Å². The molecule has 0 fully saturated rings. The lowest BCUT2D eigenvalue weighted by molar-refractivity contribution is -0.116. The molecule has 0 saturated carbocycles. The van der Waals surface area contributed by atoms with Gasteiger partial charge in [0.1, 0.15) is 12.3 Å². The van der Waals surface area contributed by atoms with Crippen molar-refractivity contribution in [3.8, 4) is 6.07 Å². The quantitative estimate of drug-likeness (QED) is 0.421. The van der Waals surface area contributed by atoms with Crippen LogP contribution in [0.2, 0.25) is 0 Å². The van der Waals surface area contributed by atoms with Crippen LogP contribution in [0.5, 0.6) is 0 Å². The van der Waals surface area contributed by atoms with Crippen LogP contribution < -0.4 is 5.32 Å². The molecular formula is C9H12N2O4. The van der Waals surface area contributed by atoms with Gasteiger partial charge in [-0.25, -0.2) is 4.79 Å². The van der Waals surface area contributed by atoms with E-state index in [1.165, 1.54) is 0 Å². The van der Waals surface area contributed by atoms with Crippen LogP contribution in [0.1, 0.15) is 13.8 Å². The second-order valence-corrected chi connectivity index (χ2v) is 2.27. The molecule has 0 aromatic carbocycles. The second kappa shape index (κ2) is 7.38. The van der Waals surface area contributed by atoms with Crippen molar-refractivity contribution in [3.05, 3.63) is 11.8 Å². The molecular weight excluding hydrogens is 200 g/mol. The first-order chi connectivity index (χ1) is 7.15. The molecule has 15 heavy (non-hydrogen) atoms. The molecule has 1 N–H and O–H groups in total. The van der Waals surface area contributed by atoms with E-state index in [-0.39, 0.29) is 12.2 Å². The Bertz CT molecular complexity index is 304. The number of carbonyl (C=O) groups excluding carboxylic acids is 2.